The molecule has 0 spiro atoms. The number of benzene rings is 1. The third-order valence-corrected chi connectivity index (χ3v) is 2.56. The van der Waals surface area contributed by atoms with E-state index < -0.39 is 11.7 Å². The smallest absolute Gasteiger partial charge is 0.267 e. The predicted molar refractivity (Wildman–Crippen MR) is 58.9 cm³/mol. The third kappa shape index (κ3) is 1.46. The minimum atomic E-state index is -0.709. The Morgan fingerprint density at radius 3 is 2.73 bits per heavy atom. The molecule has 2 aromatic rings. The number of carbonyl (C=O) groups is 1. The fraction of sp³-hybridized carbons (Fsp3) is 0. The highest BCUT2D eigenvalue weighted by Gasteiger charge is 2.16. The zero-order valence-electron chi connectivity index (χ0n) is 7.47. The van der Waals surface area contributed by atoms with Crippen molar-refractivity contribution in [1.82, 2.24) is 4.98 Å². The van der Waals surface area contributed by atoms with Gasteiger partial charge in [-0.25, -0.2) is 4.39 Å². The Hall–Kier alpha value is -1.56. The Kier molecular flexibility index (Phi) is 2.15. The monoisotopic (exact) mass is 271 g/mol. The molecule has 1 aromatic carbocycles. The lowest BCUT2D eigenvalue weighted by atomic mass is 10.2. The lowest BCUT2D eigenvalue weighted by molar-refractivity contribution is 0.0997. The number of aromatic nitrogens is 1. The lowest BCUT2D eigenvalue weighted by Crippen LogP contribution is -2.13. The van der Waals surface area contributed by atoms with Crippen LogP contribution in [0.25, 0.3) is 10.9 Å². The summed E-state index contributed by atoms with van der Waals surface area (Å²) in [5.74, 6) is -1.21. The van der Waals surface area contributed by atoms with E-state index in [1.807, 2.05) is 0 Å². The summed E-state index contributed by atoms with van der Waals surface area (Å²) in [5.41, 5.74) is 11.2. The normalized spacial score (nSPS) is 10.8. The Bertz CT molecular complexity index is 564. The van der Waals surface area contributed by atoms with Gasteiger partial charge in [-0.05, 0) is 12.1 Å². The van der Waals surface area contributed by atoms with Crippen molar-refractivity contribution in [3.05, 3.63) is 28.1 Å². The standard InChI is InChI=1S/C9H7BrFN3O/c10-3-1-4(11)6-5(2-3)14-8(7(6)12)9(13)15/h1-2,14H,12H2,(H2,13,15). The summed E-state index contributed by atoms with van der Waals surface area (Å²) in [6, 6.07) is 2.90. The number of carbonyl (C=O) groups excluding carboxylic acids is 1. The van der Waals surface area contributed by atoms with E-state index in [1.165, 1.54) is 6.07 Å². The van der Waals surface area contributed by atoms with Crippen LogP contribution in [0.15, 0.2) is 16.6 Å². The number of hydrogen-bond donors (Lipinski definition) is 3. The van der Waals surface area contributed by atoms with E-state index in [4.69, 9.17) is 11.5 Å². The number of primary amides is 1. The largest absolute Gasteiger partial charge is 0.396 e. The van der Waals surface area contributed by atoms with E-state index in [1.54, 1.807) is 6.07 Å². The highest BCUT2D eigenvalue weighted by Crippen LogP contribution is 2.29. The number of hydrogen-bond acceptors (Lipinski definition) is 2. The van der Waals surface area contributed by atoms with Crippen molar-refractivity contribution in [2.24, 2.45) is 5.73 Å². The number of halogens is 2. The second-order valence-electron chi connectivity index (χ2n) is 3.09. The van der Waals surface area contributed by atoms with Crippen LogP contribution in [0.3, 0.4) is 0 Å². The van der Waals surface area contributed by atoms with Crippen LogP contribution in [0, 0.1) is 5.82 Å². The molecule has 0 unspecified atom stereocenters. The van der Waals surface area contributed by atoms with Crippen molar-refractivity contribution in [2.75, 3.05) is 5.73 Å². The molecular formula is C9H7BrFN3O. The van der Waals surface area contributed by atoms with Gasteiger partial charge in [-0.3, -0.25) is 4.79 Å². The van der Waals surface area contributed by atoms with E-state index in [0.717, 1.165) is 0 Å². The molecule has 0 atom stereocenters. The van der Waals surface area contributed by atoms with Crippen molar-refractivity contribution >= 4 is 38.4 Å². The number of H-pyrrole nitrogens is 1. The SMILES string of the molecule is NC(=O)c1[nH]c2cc(Br)cc(F)c2c1N. The molecule has 0 aliphatic rings. The van der Waals surface area contributed by atoms with Crippen molar-refractivity contribution in [1.29, 1.82) is 0 Å². The maximum absolute atomic E-state index is 13.5. The van der Waals surface area contributed by atoms with Gasteiger partial charge in [0.25, 0.3) is 5.91 Å². The first-order valence-corrected chi connectivity index (χ1v) is 4.86. The van der Waals surface area contributed by atoms with Gasteiger partial charge in [0.1, 0.15) is 11.5 Å². The molecule has 6 heteroatoms. The number of nitrogens with one attached hydrogen (secondary N) is 1. The number of nitrogen functional groups attached to an aromatic ring is 1. The third-order valence-electron chi connectivity index (χ3n) is 2.10. The minimum Gasteiger partial charge on any atom is -0.396 e. The minimum absolute atomic E-state index is 0.0296. The van der Waals surface area contributed by atoms with Gasteiger partial charge >= 0.3 is 0 Å². The maximum atomic E-state index is 13.5. The van der Waals surface area contributed by atoms with Gasteiger partial charge < -0.3 is 16.5 Å². The summed E-state index contributed by atoms with van der Waals surface area (Å²) >= 11 is 3.14. The first-order chi connectivity index (χ1) is 7.00. The second kappa shape index (κ2) is 3.23. The van der Waals surface area contributed by atoms with Gasteiger partial charge in [-0.1, -0.05) is 15.9 Å². The summed E-state index contributed by atoms with van der Waals surface area (Å²) < 4.78 is 14.1. The van der Waals surface area contributed by atoms with Crippen LogP contribution in [0.1, 0.15) is 10.5 Å². The Morgan fingerprint density at radius 2 is 2.13 bits per heavy atom. The molecule has 1 aromatic heterocycles. The summed E-state index contributed by atoms with van der Waals surface area (Å²) in [7, 11) is 0. The first kappa shape index (κ1) is 9.97. The Labute approximate surface area is 92.6 Å². The molecular weight excluding hydrogens is 265 g/mol. The molecule has 0 aliphatic carbocycles. The highest BCUT2D eigenvalue weighted by atomic mass is 79.9. The number of nitrogens with two attached hydrogens (primary N) is 2. The quantitative estimate of drug-likeness (QED) is 0.738. The maximum Gasteiger partial charge on any atom is 0.267 e. The molecule has 0 bridgehead atoms. The van der Waals surface area contributed by atoms with Crippen LogP contribution >= 0.6 is 15.9 Å². The Balaban J connectivity index is 2.88. The lowest BCUT2D eigenvalue weighted by Gasteiger charge is -1.95. The van der Waals surface area contributed by atoms with Gasteiger partial charge in [0, 0.05) is 4.47 Å². The van der Waals surface area contributed by atoms with Crippen LogP contribution in [0.5, 0.6) is 0 Å². The molecule has 0 radical (unpaired) electrons. The van der Waals surface area contributed by atoms with Gasteiger partial charge in [0.15, 0.2) is 0 Å². The van der Waals surface area contributed by atoms with E-state index in [-0.39, 0.29) is 16.8 Å². The molecule has 0 aliphatic heterocycles. The van der Waals surface area contributed by atoms with E-state index in [2.05, 4.69) is 20.9 Å². The summed E-state index contributed by atoms with van der Waals surface area (Å²) in [4.78, 5) is 13.6. The average Bonchev–Trinajstić information content (AvgIpc) is 2.42. The van der Waals surface area contributed by atoms with Crippen LogP contribution in [0.2, 0.25) is 0 Å². The van der Waals surface area contributed by atoms with Crippen LogP contribution in [-0.4, -0.2) is 10.9 Å². The topological polar surface area (TPSA) is 84.9 Å². The molecule has 0 saturated carbocycles. The van der Waals surface area contributed by atoms with Crippen molar-refractivity contribution in [3.8, 4) is 0 Å². The first-order valence-electron chi connectivity index (χ1n) is 4.06. The molecule has 78 valence electrons. The molecule has 2 rings (SSSR count). The van der Waals surface area contributed by atoms with E-state index in [9.17, 15) is 9.18 Å². The Morgan fingerprint density at radius 1 is 1.47 bits per heavy atom. The molecule has 15 heavy (non-hydrogen) atoms. The van der Waals surface area contributed by atoms with Gasteiger partial charge in [-0.2, -0.15) is 0 Å². The predicted octanol–water partition coefficient (Wildman–Crippen LogP) is 1.75. The molecule has 1 amide bonds. The number of rotatable bonds is 1. The highest BCUT2D eigenvalue weighted by molar-refractivity contribution is 9.10. The number of fused-ring (bicyclic) bond motifs is 1. The average molecular weight is 272 g/mol. The van der Waals surface area contributed by atoms with Gasteiger partial charge in [0.05, 0.1) is 16.6 Å². The van der Waals surface area contributed by atoms with Crippen LogP contribution in [0.4, 0.5) is 10.1 Å². The summed E-state index contributed by atoms with van der Waals surface area (Å²) in [6.45, 7) is 0. The number of amides is 1. The number of aromatic amines is 1. The fourth-order valence-electron chi connectivity index (χ4n) is 1.47. The molecule has 4 nitrogen and oxygen atoms in total. The molecule has 1 heterocycles. The summed E-state index contributed by atoms with van der Waals surface area (Å²) in [5, 5.41) is 0.187. The van der Waals surface area contributed by atoms with Crippen molar-refractivity contribution in [2.45, 2.75) is 0 Å². The number of anilines is 1. The van der Waals surface area contributed by atoms with Crippen molar-refractivity contribution in [3.63, 3.8) is 0 Å². The second-order valence-corrected chi connectivity index (χ2v) is 4.00. The molecule has 0 saturated heterocycles. The zero-order valence-corrected chi connectivity index (χ0v) is 9.06. The molecule has 5 N–H and O–H groups in total. The van der Waals surface area contributed by atoms with Gasteiger partial charge in [0.2, 0.25) is 0 Å². The van der Waals surface area contributed by atoms with E-state index >= 15 is 0 Å². The van der Waals surface area contributed by atoms with Gasteiger partial charge in [-0.15, -0.1) is 0 Å². The summed E-state index contributed by atoms with van der Waals surface area (Å²) in [6.07, 6.45) is 0. The van der Waals surface area contributed by atoms with E-state index in [0.29, 0.717) is 9.99 Å². The van der Waals surface area contributed by atoms with Crippen LogP contribution in [-0.2, 0) is 0 Å². The fourth-order valence-corrected chi connectivity index (χ4v) is 1.90. The van der Waals surface area contributed by atoms with Crippen molar-refractivity contribution < 1.29 is 9.18 Å². The zero-order chi connectivity index (χ0) is 11.2. The molecule has 0 fully saturated rings. The van der Waals surface area contributed by atoms with Crippen LogP contribution < -0.4 is 11.5 Å².